The van der Waals surface area contributed by atoms with Crippen LogP contribution in [0.25, 0.3) is 0 Å². The van der Waals surface area contributed by atoms with Crippen molar-refractivity contribution in [1.82, 2.24) is 4.90 Å². The molecule has 2 aliphatic carbocycles. The molecule has 0 radical (unpaired) electrons. The van der Waals surface area contributed by atoms with Crippen LogP contribution in [-0.4, -0.2) is 62.7 Å². The van der Waals surface area contributed by atoms with Crippen LogP contribution in [0.5, 0.6) is 11.5 Å². The van der Waals surface area contributed by atoms with Crippen molar-refractivity contribution < 1.29 is 30.7 Å². The lowest BCUT2D eigenvalue weighted by atomic mass is 9.49. The number of hydrogen-bond acceptors (Lipinski definition) is 5. The molecule has 1 aromatic rings. The largest absolute Gasteiger partial charge is 0.504 e. The van der Waals surface area contributed by atoms with E-state index < -0.39 is 17.1 Å². The van der Waals surface area contributed by atoms with Crippen LogP contribution in [0, 0.1) is 0 Å². The number of piperidine rings is 1. The van der Waals surface area contributed by atoms with Crippen molar-refractivity contribution in [3.8, 4) is 11.5 Å². The number of aliphatic hydroxyl groups is 1. The van der Waals surface area contributed by atoms with Gasteiger partial charge < -0.3 is 25.9 Å². The Kier molecular flexibility index (Phi) is 5.42. The highest BCUT2D eigenvalue weighted by Gasteiger charge is 2.72. The quantitative estimate of drug-likeness (QED) is 0.679. The highest BCUT2D eigenvalue weighted by Crippen LogP contribution is 2.64. The molecule has 27 heavy (non-hydrogen) atoms. The SMILES string of the molecule is C=CCN1CC[C@]23c4c5ccc(O)c4O[C@@H]2C(=O)CC[C@@]3(O)[C@H]1C5.Cl.O.O. The first-order valence-corrected chi connectivity index (χ1v) is 8.65. The fourth-order valence-electron chi connectivity index (χ4n) is 5.80. The highest BCUT2D eigenvalue weighted by molar-refractivity contribution is 5.90. The summed E-state index contributed by atoms with van der Waals surface area (Å²) in [4.78, 5) is 14.9. The van der Waals surface area contributed by atoms with E-state index in [2.05, 4.69) is 11.5 Å². The summed E-state index contributed by atoms with van der Waals surface area (Å²) >= 11 is 0. The summed E-state index contributed by atoms with van der Waals surface area (Å²) in [5.74, 6) is 0.528. The zero-order chi connectivity index (χ0) is 16.7. The summed E-state index contributed by atoms with van der Waals surface area (Å²) in [6.45, 7) is 5.36. The topological polar surface area (TPSA) is 133 Å². The van der Waals surface area contributed by atoms with Crippen molar-refractivity contribution in [3.63, 3.8) is 0 Å². The number of phenolic OH excluding ortho intramolecular Hbond substituents is 1. The lowest BCUT2D eigenvalue weighted by molar-refractivity contribution is -0.187. The van der Waals surface area contributed by atoms with E-state index in [1.807, 2.05) is 12.1 Å². The van der Waals surface area contributed by atoms with Gasteiger partial charge in [0.1, 0.15) is 0 Å². The molecule has 2 aliphatic heterocycles. The minimum Gasteiger partial charge on any atom is -0.504 e. The van der Waals surface area contributed by atoms with Crippen molar-refractivity contribution in [1.29, 1.82) is 0 Å². The maximum atomic E-state index is 12.6. The second-order valence-electron chi connectivity index (χ2n) is 7.56. The van der Waals surface area contributed by atoms with Gasteiger partial charge in [-0.1, -0.05) is 12.1 Å². The predicted octanol–water partition coefficient (Wildman–Crippen LogP) is 0.0738. The lowest BCUT2D eigenvalue weighted by Gasteiger charge is -2.62. The highest BCUT2D eigenvalue weighted by atomic mass is 35.5. The Morgan fingerprint density at radius 3 is 2.78 bits per heavy atom. The van der Waals surface area contributed by atoms with Crippen molar-refractivity contribution >= 4 is 18.2 Å². The van der Waals surface area contributed by atoms with Gasteiger partial charge in [0.15, 0.2) is 23.4 Å². The number of carbonyl (C=O) groups is 1. The Morgan fingerprint density at radius 1 is 1.33 bits per heavy atom. The van der Waals surface area contributed by atoms with E-state index in [1.165, 1.54) is 0 Å². The Hall–Kier alpha value is -1.64. The monoisotopic (exact) mass is 399 g/mol. The molecule has 8 heteroatoms. The van der Waals surface area contributed by atoms with E-state index in [0.717, 1.165) is 24.2 Å². The summed E-state index contributed by atoms with van der Waals surface area (Å²) in [5, 5.41) is 22.1. The third-order valence-corrected chi connectivity index (χ3v) is 6.73. The van der Waals surface area contributed by atoms with E-state index in [-0.39, 0.29) is 40.9 Å². The van der Waals surface area contributed by atoms with Gasteiger partial charge in [0.05, 0.1) is 11.0 Å². The first-order chi connectivity index (χ1) is 11.5. The number of likely N-dealkylation sites (tertiary alicyclic amines) is 1. The third kappa shape index (κ3) is 2.26. The van der Waals surface area contributed by atoms with Gasteiger partial charge in [-0.15, -0.1) is 19.0 Å². The number of halogens is 1. The number of benzene rings is 1. The van der Waals surface area contributed by atoms with E-state index in [0.29, 0.717) is 31.4 Å². The molecule has 1 aromatic carbocycles. The molecule has 5 rings (SSSR count). The Labute approximate surface area is 163 Å². The van der Waals surface area contributed by atoms with Gasteiger partial charge in [0.2, 0.25) is 0 Å². The second kappa shape index (κ2) is 6.76. The number of nitrogens with zero attached hydrogens (tertiary/aromatic N) is 1. The molecule has 1 saturated heterocycles. The number of aromatic hydroxyl groups is 1. The second-order valence-corrected chi connectivity index (χ2v) is 7.56. The van der Waals surface area contributed by atoms with Gasteiger partial charge in [0, 0.05) is 31.1 Å². The Morgan fingerprint density at radius 2 is 2.07 bits per heavy atom. The number of ketones is 1. The van der Waals surface area contributed by atoms with Crippen LogP contribution < -0.4 is 4.74 Å². The van der Waals surface area contributed by atoms with Gasteiger partial charge in [0.25, 0.3) is 0 Å². The average Bonchev–Trinajstić information content (AvgIpc) is 2.91. The molecule has 6 N–H and O–H groups in total. The molecular formula is C19H26ClNO6. The average molecular weight is 400 g/mol. The van der Waals surface area contributed by atoms with E-state index in [1.54, 1.807) is 6.07 Å². The zero-order valence-electron chi connectivity index (χ0n) is 14.9. The molecule has 0 amide bonds. The molecular weight excluding hydrogens is 374 g/mol. The first-order valence-electron chi connectivity index (χ1n) is 8.65. The molecule has 0 unspecified atom stereocenters. The lowest BCUT2D eigenvalue weighted by Crippen LogP contribution is -2.76. The number of rotatable bonds is 2. The van der Waals surface area contributed by atoms with Crippen molar-refractivity contribution in [2.45, 2.75) is 48.8 Å². The van der Waals surface area contributed by atoms with Gasteiger partial charge >= 0.3 is 0 Å². The zero-order valence-corrected chi connectivity index (χ0v) is 15.7. The van der Waals surface area contributed by atoms with Crippen LogP contribution >= 0.6 is 12.4 Å². The number of phenols is 1. The van der Waals surface area contributed by atoms with Gasteiger partial charge in [-0.3, -0.25) is 9.69 Å². The molecule has 4 aliphatic rings. The Bertz CT molecular complexity index is 786. The maximum absolute atomic E-state index is 12.6. The molecule has 1 saturated carbocycles. The molecule has 2 bridgehead atoms. The Balaban J connectivity index is 0.000000871. The molecule has 7 nitrogen and oxygen atoms in total. The predicted molar refractivity (Wildman–Crippen MR) is 102 cm³/mol. The number of carbonyl (C=O) groups excluding carboxylic acids is 1. The van der Waals surface area contributed by atoms with Crippen molar-refractivity contribution in [2.24, 2.45) is 0 Å². The van der Waals surface area contributed by atoms with Gasteiger partial charge in [-0.25, -0.2) is 0 Å². The van der Waals surface area contributed by atoms with E-state index in [4.69, 9.17) is 4.74 Å². The van der Waals surface area contributed by atoms with Crippen LogP contribution in [0.4, 0.5) is 0 Å². The summed E-state index contributed by atoms with van der Waals surface area (Å²) in [5.41, 5.74) is 0.256. The normalized spacial score (nSPS) is 34.9. The first kappa shape index (κ1) is 21.7. The summed E-state index contributed by atoms with van der Waals surface area (Å²) < 4.78 is 5.98. The fraction of sp³-hybridized carbons (Fsp3) is 0.526. The molecule has 0 aromatic heterocycles. The van der Waals surface area contributed by atoms with Crippen LogP contribution in [-0.2, 0) is 16.6 Å². The molecule has 150 valence electrons. The van der Waals surface area contributed by atoms with E-state index >= 15 is 0 Å². The standard InChI is InChI=1S/C19H21NO4.ClH.2H2O/c1-2-8-20-9-7-18-15-11-3-4-12(21)16(15)24-17(18)13(22)5-6-19(18,23)14(20)10-11;;;/h2-4,14,17,21,23H,1,5-10H2;1H;2*1H2/t14-,17-,18+,19-;;;/m1.../s1. The number of ether oxygens (including phenoxy) is 1. The number of hydrogen-bond donors (Lipinski definition) is 2. The molecule has 1 spiro atoms. The molecule has 4 atom stereocenters. The summed E-state index contributed by atoms with van der Waals surface area (Å²) in [6.07, 6.45) is 3.35. The smallest absolute Gasteiger partial charge is 0.174 e. The summed E-state index contributed by atoms with van der Waals surface area (Å²) in [7, 11) is 0. The molecule has 2 fully saturated rings. The third-order valence-electron chi connectivity index (χ3n) is 6.73. The number of Topliss-reactive ketones (excluding diaryl/α,β-unsaturated/α-hetero) is 1. The van der Waals surface area contributed by atoms with Crippen LogP contribution in [0.3, 0.4) is 0 Å². The van der Waals surface area contributed by atoms with Crippen molar-refractivity contribution in [2.75, 3.05) is 13.1 Å². The summed E-state index contributed by atoms with van der Waals surface area (Å²) in [6, 6.07) is 3.52. The van der Waals surface area contributed by atoms with Gasteiger partial charge in [-0.2, -0.15) is 0 Å². The maximum Gasteiger partial charge on any atom is 0.174 e. The van der Waals surface area contributed by atoms with E-state index in [9.17, 15) is 15.0 Å². The van der Waals surface area contributed by atoms with Crippen molar-refractivity contribution in [3.05, 3.63) is 35.9 Å². The van der Waals surface area contributed by atoms with Gasteiger partial charge in [-0.05, 0) is 30.9 Å². The minimum absolute atomic E-state index is 0. The fourth-order valence-corrected chi connectivity index (χ4v) is 5.80. The van der Waals surface area contributed by atoms with Crippen LogP contribution in [0.2, 0.25) is 0 Å². The minimum atomic E-state index is -1.00. The van der Waals surface area contributed by atoms with Crippen LogP contribution in [0.15, 0.2) is 24.8 Å². The van der Waals surface area contributed by atoms with Crippen LogP contribution in [0.1, 0.15) is 30.4 Å². The molecule has 2 heterocycles.